The van der Waals surface area contributed by atoms with E-state index in [1.165, 1.54) is 9.75 Å². The molecule has 1 unspecified atom stereocenters. The van der Waals surface area contributed by atoms with Crippen LogP contribution in [0.25, 0.3) is 0 Å². The zero-order valence-corrected chi connectivity index (χ0v) is 13.0. The minimum atomic E-state index is 0.422. The molecule has 0 saturated carbocycles. The minimum Gasteiger partial charge on any atom is -0.467 e. The van der Waals surface area contributed by atoms with Crippen molar-refractivity contribution in [1.82, 2.24) is 5.32 Å². The fourth-order valence-corrected chi connectivity index (χ4v) is 2.96. The highest BCUT2D eigenvalue weighted by Crippen LogP contribution is 2.23. The summed E-state index contributed by atoms with van der Waals surface area (Å²) in [5.74, 6) is 0.886. The fraction of sp³-hybridized carbons (Fsp3) is 0.500. The summed E-state index contributed by atoms with van der Waals surface area (Å²) < 4.78 is 10.8. The third-order valence-corrected chi connectivity index (χ3v) is 4.61. The van der Waals surface area contributed by atoms with Crippen LogP contribution in [0.2, 0.25) is 0 Å². The van der Waals surface area contributed by atoms with E-state index in [2.05, 4.69) is 31.3 Å². The summed E-state index contributed by atoms with van der Waals surface area (Å²) in [6.45, 7) is 6.70. The monoisotopic (exact) mass is 293 g/mol. The molecule has 2 aromatic rings. The van der Waals surface area contributed by atoms with Crippen molar-refractivity contribution in [2.45, 2.75) is 39.3 Å². The van der Waals surface area contributed by atoms with E-state index in [1.807, 2.05) is 23.5 Å². The van der Waals surface area contributed by atoms with E-state index < -0.39 is 0 Å². The predicted octanol–water partition coefficient (Wildman–Crippen LogP) is 4.16. The normalized spacial score (nSPS) is 12.7. The van der Waals surface area contributed by atoms with Crippen LogP contribution >= 0.6 is 11.3 Å². The lowest BCUT2D eigenvalue weighted by molar-refractivity contribution is 0.104. The second-order valence-corrected chi connectivity index (χ2v) is 6.02. The Bertz CT molecular complexity index is 478. The first-order chi connectivity index (χ1) is 9.79. The zero-order chi connectivity index (χ0) is 14.2. The number of hydrogen-bond donors (Lipinski definition) is 1. The lowest BCUT2D eigenvalue weighted by Gasteiger charge is -2.11. The smallest absolute Gasteiger partial charge is 0.129 e. The van der Waals surface area contributed by atoms with Crippen molar-refractivity contribution < 1.29 is 9.15 Å². The predicted molar refractivity (Wildman–Crippen MR) is 83.1 cm³/mol. The number of rotatable bonds is 9. The molecule has 1 atom stereocenters. The first kappa shape index (κ1) is 15.3. The van der Waals surface area contributed by atoms with Gasteiger partial charge in [0, 0.05) is 22.4 Å². The number of nitrogens with one attached hydrogen (secondary N) is 1. The molecule has 110 valence electrons. The Balaban J connectivity index is 1.56. The summed E-state index contributed by atoms with van der Waals surface area (Å²) in [4.78, 5) is 2.87. The molecular weight excluding hydrogens is 270 g/mol. The fourth-order valence-electron chi connectivity index (χ4n) is 1.98. The van der Waals surface area contributed by atoms with Gasteiger partial charge in [0.2, 0.25) is 0 Å². The average Bonchev–Trinajstić information content (AvgIpc) is 3.13. The van der Waals surface area contributed by atoms with Crippen LogP contribution in [0.5, 0.6) is 0 Å². The summed E-state index contributed by atoms with van der Waals surface area (Å²) in [5.41, 5.74) is 0. The maximum Gasteiger partial charge on any atom is 0.129 e. The molecule has 0 radical (unpaired) electrons. The molecule has 0 fully saturated rings. The van der Waals surface area contributed by atoms with E-state index in [0.717, 1.165) is 31.8 Å². The Morgan fingerprint density at radius 3 is 2.95 bits per heavy atom. The largest absolute Gasteiger partial charge is 0.467 e. The molecule has 2 aromatic heterocycles. The van der Waals surface area contributed by atoms with E-state index in [4.69, 9.17) is 9.15 Å². The molecule has 2 heterocycles. The number of aryl methyl sites for hydroxylation is 1. The summed E-state index contributed by atoms with van der Waals surface area (Å²) in [6.07, 6.45) is 3.81. The number of hydrogen-bond acceptors (Lipinski definition) is 4. The minimum absolute atomic E-state index is 0.422. The Labute approximate surface area is 125 Å². The molecule has 2 rings (SSSR count). The number of furan rings is 1. The van der Waals surface area contributed by atoms with E-state index in [1.54, 1.807) is 6.26 Å². The van der Waals surface area contributed by atoms with Crippen molar-refractivity contribution in [3.63, 3.8) is 0 Å². The van der Waals surface area contributed by atoms with Crippen molar-refractivity contribution in [2.75, 3.05) is 13.2 Å². The highest BCUT2D eigenvalue weighted by atomic mass is 32.1. The zero-order valence-electron chi connectivity index (χ0n) is 12.2. The third kappa shape index (κ3) is 4.78. The Morgan fingerprint density at radius 2 is 2.25 bits per heavy atom. The van der Waals surface area contributed by atoms with Gasteiger partial charge in [-0.25, -0.2) is 0 Å². The van der Waals surface area contributed by atoms with Crippen molar-refractivity contribution in [2.24, 2.45) is 0 Å². The molecule has 1 N–H and O–H groups in total. The van der Waals surface area contributed by atoms with E-state index >= 15 is 0 Å². The van der Waals surface area contributed by atoms with Crippen LogP contribution in [-0.4, -0.2) is 13.2 Å². The molecule has 0 saturated heterocycles. The van der Waals surface area contributed by atoms with Crippen LogP contribution in [0.15, 0.2) is 34.9 Å². The topological polar surface area (TPSA) is 34.4 Å². The highest BCUT2D eigenvalue weighted by Gasteiger charge is 2.07. The van der Waals surface area contributed by atoms with Crippen molar-refractivity contribution in [1.29, 1.82) is 0 Å². The van der Waals surface area contributed by atoms with E-state index in [0.29, 0.717) is 12.6 Å². The third-order valence-electron chi connectivity index (χ3n) is 3.20. The van der Waals surface area contributed by atoms with Crippen LogP contribution in [0.3, 0.4) is 0 Å². The maximum atomic E-state index is 5.56. The molecule has 0 aromatic carbocycles. The summed E-state index contributed by atoms with van der Waals surface area (Å²) in [6, 6.07) is 8.69. The Kier molecular flexibility index (Phi) is 6.30. The first-order valence-corrected chi connectivity index (χ1v) is 8.03. The van der Waals surface area contributed by atoms with E-state index in [9.17, 15) is 0 Å². The quantitative estimate of drug-likeness (QED) is 0.705. The van der Waals surface area contributed by atoms with E-state index in [-0.39, 0.29) is 0 Å². The van der Waals surface area contributed by atoms with Gasteiger partial charge in [-0.3, -0.25) is 0 Å². The maximum absolute atomic E-state index is 5.56. The van der Waals surface area contributed by atoms with Crippen LogP contribution in [0, 0.1) is 0 Å². The molecule has 20 heavy (non-hydrogen) atoms. The molecule has 0 aliphatic carbocycles. The van der Waals surface area contributed by atoms with Crippen LogP contribution in [-0.2, 0) is 17.8 Å². The van der Waals surface area contributed by atoms with Crippen LogP contribution in [0.4, 0.5) is 0 Å². The molecule has 0 aliphatic rings. The van der Waals surface area contributed by atoms with Gasteiger partial charge in [0.15, 0.2) is 0 Å². The number of ether oxygens (including phenoxy) is 1. The molecule has 4 heteroatoms. The molecule has 3 nitrogen and oxygen atoms in total. The van der Waals surface area contributed by atoms with Crippen molar-refractivity contribution >= 4 is 11.3 Å². The van der Waals surface area contributed by atoms with Gasteiger partial charge in [-0.1, -0.05) is 6.92 Å². The summed E-state index contributed by atoms with van der Waals surface area (Å²) in [7, 11) is 0. The summed E-state index contributed by atoms with van der Waals surface area (Å²) >= 11 is 1.90. The van der Waals surface area contributed by atoms with Crippen LogP contribution < -0.4 is 5.32 Å². The Morgan fingerprint density at radius 1 is 1.35 bits per heavy atom. The lowest BCUT2D eigenvalue weighted by atomic mass is 10.2. The Hall–Kier alpha value is -1.10. The molecule has 0 spiro atoms. The SMILES string of the molecule is CCc1ccc(C(C)NCCCOCc2ccco2)s1. The standard InChI is InChI=1S/C16H23NO2S/c1-3-15-7-8-16(20-15)13(2)17-9-5-10-18-12-14-6-4-11-19-14/h4,6-8,11,13,17H,3,5,9-10,12H2,1-2H3. The average molecular weight is 293 g/mol. The first-order valence-electron chi connectivity index (χ1n) is 7.21. The molecule has 0 amide bonds. The van der Waals surface area contributed by atoms with Gasteiger partial charge in [-0.05, 0) is 50.6 Å². The van der Waals surface area contributed by atoms with Gasteiger partial charge in [0.1, 0.15) is 12.4 Å². The second kappa shape index (κ2) is 8.25. The summed E-state index contributed by atoms with van der Waals surface area (Å²) in [5, 5.41) is 3.54. The molecule has 0 bridgehead atoms. The van der Waals surface area contributed by atoms with Crippen LogP contribution in [0.1, 0.15) is 41.8 Å². The van der Waals surface area contributed by atoms with Gasteiger partial charge in [0.25, 0.3) is 0 Å². The highest BCUT2D eigenvalue weighted by molar-refractivity contribution is 7.12. The van der Waals surface area contributed by atoms with Crippen molar-refractivity contribution in [3.8, 4) is 0 Å². The van der Waals surface area contributed by atoms with Gasteiger partial charge in [-0.2, -0.15) is 0 Å². The molecular formula is C16H23NO2S. The second-order valence-electron chi connectivity index (χ2n) is 4.82. The van der Waals surface area contributed by atoms with Gasteiger partial charge in [0.05, 0.1) is 6.26 Å². The van der Waals surface area contributed by atoms with Crippen molar-refractivity contribution in [3.05, 3.63) is 46.0 Å². The molecule has 0 aliphatic heterocycles. The van der Waals surface area contributed by atoms with Gasteiger partial charge in [-0.15, -0.1) is 11.3 Å². The van der Waals surface area contributed by atoms with Gasteiger partial charge < -0.3 is 14.5 Å². The lowest BCUT2D eigenvalue weighted by Crippen LogP contribution is -2.20. The van der Waals surface area contributed by atoms with Gasteiger partial charge >= 0.3 is 0 Å². The number of thiophene rings is 1.